The van der Waals surface area contributed by atoms with Crippen molar-refractivity contribution in [3.63, 3.8) is 0 Å². The van der Waals surface area contributed by atoms with Gasteiger partial charge in [-0.05, 0) is 73.6 Å². The number of piperidine rings is 1. The summed E-state index contributed by atoms with van der Waals surface area (Å²) in [4.78, 5) is 0. The summed E-state index contributed by atoms with van der Waals surface area (Å²) >= 11 is 0. The molecule has 4 aliphatic rings. The van der Waals surface area contributed by atoms with Crippen molar-refractivity contribution in [2.75, 3.05) is 19.6 Å². The zero-order valence-corrected chi connectivity index (χ0v) is 20.3. The Hall–Kier alpha value is -1.63. The molecule has 3 fully saturated rings. The average molecular weight is 538 g/mol. The van der Waals surface area contributed by atoms with Gasteiger partial charge >= 0.3 is 12.4 Å². The molecule has 5 atom stereocenters. The Morgan fingerprint density at radius 2 is 1.72 bits per heavy atom. The lowest BCUT2D eigenvalue weighted by atomic mass is 9.79. The molecular weight excluding hydrogens is 508 g/mol. The van der Waals surface area contributed by atoms with Crippen molar-refractivity contribution in [1.29, 1.82) is 0 Å². The fourth-order valence-corrected chi connectivity index (χ4v) is 8.30. The molecule has 1 aromatic rings. The average Bonchev–Trinajstić information content (AvgIpc) is 3.15. The number of fused-ring (bicyclic) bond motifs is 1. The molecule has 2 unspecified atom stereocenters. The molecule has 2 aliphatic heterocycles. The normalized spacial score (nSPS) is 34.8. The molecule has 0 radical (unpaired) electrons. The maximum atomic E-state index is 13.1. The number of nitrogens with zero attached hydrogens (tertiary/aromatic N) is 1. The van der Waals surface area contributed by atoms with E-state index in [0.29, 0.717) is 23.7 Å². The molecule has 2 N–H and O–H groups in total. The van der Waals surface area contributed by atoms with Crippen molar-refractivity contribution in [3.8, 4) is 0 Å². The first-order valence-corrected chi connectivity index (χ1v) is 13.7. The summed E-state index contributed by atoms with van der Waals surface area (Å²) in [7, 11) is -4.24. The molecule has 200 valence electrons. The Kier molecular flexibility index (Phi) is 6.49. The third kappa shape index (κ3) is 5.06. The van der Waals surface area contributed by atoms with Gasteiger partial charge in [-0.1, -0.05) is 30.4 Å². The second kappa shape index (κ2) is 8.99. The Labute approximate surface area is 206 Å². The summed E-state index contributed by atoms with van der Waals surface area (Å²) < 4.78 is 107. The van der Waals surface area contributed by atoms with Gasteiger partial charge in [-0.15, -0.1) is 0 Å². The predicted octanol–water partition coefficient (Wildman–Crippen LogP) is 4.21. The van der Waals surface area contributed by atoms with E-state index in [4.69, 9.17) is 0 Å². The molecule has 0 aromatic heterocycles. The second-order valence-corrected chi connectivity index (χ2v) is 12.3. The minimum absolute atomic E-state index is 0.00815. The highest BCUT2D eigenvalue weighted by atomic mass is 32.2. The number of halogens is 6. The van der Waals surface area contributed by atoms with Crippen LogP contribution in [0.3, 0.4) is 0 Å². The third-order valence-corrected chi connectivity index (χ3v) is 9.93. The van der Waals surface area contributed by atoms with Crippen LogP contribution < -0.4 is 10.0 Å². The van der Waals surface area contributed by atoms with E-state index in [1.165, 1.54) is 0 Å². The molecular formula is C24H29F6N3O2S. The van der Waals surface area contributed by atoms with Gasteiger partial charge in [0.2, 0.25) is 0 Å². The van der Waals surface area contributed by atoms with Crippen LogP contribution in [0.4, 0.5) is 26.3 Å². The van der Waals surface area contributed by atoms with Crippen LogP contribution in [-0.4, -0.2) is 56.3 Å². The monoisotopic (exact) mass is 537 g/mol. The van der Waals surface area contributed by atoms with Gasteiger partial charge in [0.05, 0.1) is 11.5 Å². The van der Waals surface area contributed by atoms with Crippen LogP contribution in [0.25, 0.3) is 6.08 Å². The van der Waals surface area contributed by atoms with Crippen molar-refractivity contribution < 1.29 is 34.8 Å². The number of rotatable bonds is 3. The second-order valence-electron chi connectivity index (χ2n) is 10.6. The fourth-order valence-electron chi connectivity index (χ4n) is 6.59. The third-order valence-electron chi connectivity index (χ3n) is 8.36. The Balaban J connectivity index is 1.34. The van der Waals surface area contributed by atoms with E-state index >= 15 is 0 Å². The highest BCUT2D eigenvalue weighted by Crippen LogP contribution is 2.50. The maximum absolute atomic E-state index is 13.1. The lowest BCUT2D eigenvalue weighted by molar-refractivity contribution is -0.181. The van der Waals surface area contributed by atoms with Gasteiger partial charge in [-0.3, -0.25) is 0 Å². The standard InChI is InChI=1S/C24H29F6N3O2S/c25-23(26,27)14-33-13-22(32-36(33,34)35)18-4-5-19(22)11-17-9-15(1-3-16(17)10-18)2-6-21-12-20(7-8-31-21)24(28,29)30/h1-3,6,9,18-21,31-32H,4-5,7-8,10-14H2/b6-2+/t18-,19+,20?,21?,22+/m0/s1. The molecule has 2 saturated heterocycles. The first-order chi connectivity index (χ1) is 16.8. The van der Waals surface area contributed by atoms with E-state index in [1.807, 2.05) is 18.2 Å². The van der Waals surface area contributed by atoms with Gasteiger partial charge in [0.15, 0.2) is 0 Å². The first-order valence-electron chi connectivity index (χ1n) is 12.2. The highest BCUT2D eigenvalue weighted by molar-refractivity contribution is 7.87. The quantitative estimate of drug-likeness (QED) is 0.569. The maximum Gasteiger partial charge on any atom is 0.402 e. The zero-order valence-electron chi connectivity index (χ0n) is 19.5. The van der Waals surface area contributed by atoms with E-state index in [1.54, 1.807) is 12.2 Å². The van der Waals surface area contributed by atoms with Crippen molar-refractivity contribution in [1.82, 2.24) is 14.3 Å². The summed E-state index contributed by atoms with van der Waals surface area (Å²) in [6.07, 6.45) is -2.65. The minimum atomic E-state index is -4.62. The Bertz CT molecular complexity index is 1140. The van der Waals surface area contributed by atoms with Crippen molar-refractivity contribution in [3.05, 3.63) is 41.0 Å². The molecule has 36 heavy (non-hydrogen) atoms. The summed E-state index contributed by atoms with van der Waals surface area (Å²) in [6.45, 7) is -1.40. The van der Waals surface area contributed by atoms with Gasteiger partial charge < -0.3 is 5.32 Å². The Morgan fingerprint density at radius 3 is 2.39 bits per heavy atom. The zero-order chi connectivity index (χ0) is 25.9. The van der Waals surface area contributed by atoms with Crippen LogP contribution in [0.1, 0.15) is 42.4 Å². The summed E-state index contributed by atoms with van der Waals surface area (Å²) in [5, 5.41) is 3.11. The fraction of sp³-hybridized carbons (Fsp3) is 0.667. The van der Waals surface area contributed by atoms with Crippen molar-refractivity contribution >= 4 is 16.3 Å². The number of hydrogen-bond acceptors (Lipinski definition) is 3. The molecule has 1 saturated carbocycles. The predicted molar refractivity (Wildman–Crippen MR) is 122 cm³/mol. The number of nitrogens with one attached hydrogen (secondary N) is 2. The largest absolute Gasteiger partial charge is 0.402 e. The minimum Gasteiger partial charge on any atom is -0.310 e. The van der Waals surface area contributed by atoms with Crippen LogP contribution >= 0.6 is 0 Å². The van der Waals surface area contributed by atoms with E-state index in [2.05, 4.69) is 10.0 Å². The van der Waals surface area contributed by atoms with E-state index in [0.717, 1.165) is 29.5 Å². The smallest absolute Gasteiger partial charge is 0.310 e. The van der Waals surface area contributed by atoms with Crippen LogP contribution in [-0.2, 0) is 23.1 Å². The number of hydrogen-bond donors (Lipinski definition) is 2. The van der Waals surface area contributed by atoms with E-state index in [9.17, 15) is 34.8 Å². The topological polar surface area (TPSA) is 61.4 Å². The van der Waals surface area contributed by atoms with Crippen molar-refractivity contribution in [2.24, 2.45) is 17.8 Å². The summed E-state index contributed by atoms with van der Waals surface area (Å²) in [6, 6.07) is 5.44. The molecule has 5 nitrogen and oxygen atoms in total. The molecule has 0 amide bonds. The SMILES string of the molecule is O=S1(=O)N[C@@]2(CN1CC(F)(F)F)[C@@H]1CC[C@H]2Cc2ccc(/C=C/C3CC(C(F)(F)F)CCN3)cc2C1. The van der Waals surface area contributed by atoms with Gasteiger partial charge in [0.1, 0.15) is 6.54 Å². The van der Waals surface area contributed by atoms with Crippen LogP contribution in [0.15, 0.2) is 24.3 Å². The van der Waals surface area contributed by atoms with Crippen LogP contribution in [0.5, 0.6) is 0 Å². The van der Waals surface area contributed by atoms with Crippen molar-refractivity contribution in [2.45, 2.75) is 62.5 Å². The van der Waals surface area contributed by atoms with Crippen LogP contribution in [0.2, 0.25) is 0 Å². The first kappa shape index (κ1) is 26.0. The molecule has 1 aromatic carbocycles. The highest BCUT2D eigenvalue weighted by Gasteiger charge is 2.60. The molecule has 2 bridgehead atoms. The molecule has 2 aliphatic carbocycles. The molecule has 12 heteroatoms. The summed E-state index contributed by atoms with van der Waals surface area (Å²) in [5.74, 6) is -1.56. The molecule has 5 rings (SSSR count). The van der Waals surface area contributed by atoms with Gasteiger partial charge in [0, 0.05) is 12.6 Å². The summed E-state index contributed by atoms with van der Waals surface area (Å²) in [5.41, 5.74) is 1.96. The lowest BCUT2D eigenvalue weighted by Crippen LogP contribution is -2.52. The number of benzene rings is 1. The lowest BCUT2D eigenvalue weighted by Gasteiger charge is -2.33. The number of alkyl halides is 6. The Morgan fingerprint density at radius 1 is 1.03 bits per heavy atom. The van der Waals surface area contributed by atoms with Gasteiger partial charge in [0.25, 0.3) is 10.2 Å². The van der Waals surface area contributed by atoms with Gasteiger partial charge in [-0.25, -0.2) is 0 Å². The van der Waals surface area contributed by atoms with E-state index < -0.39 is 40.6 Å². The molecule has 1 spiro atoms. The van der Waals surface area contributed by atoms with Gasteiger partial charge in [-0.2, -0.15) is 43.8 Å². The van der Waals surface area contributed by atoms with E-state index in [-0.39, 0.29) is 37.3 Å². The van der Waals surface area contributed by atoms with Crippen LogP contribution in [0, 0.1) is 17.8 Å². The molecule has 2 heterocycles.